The van der Waals surface area contributed by atoms with Crippen LogP contribution in [0.15, 0.2) is 36.7 Å². The van der Waals surface area contributed by atoms with Crippen molar-refractivity contribution in [3.63, 3.8) is 0 Å². The van der Waals surface area contributed by atoms with Crippen molar-refractivity contribution < 1.29 is 9.53 Å². The van der Waals surface area contributed by atoms with Crippen molar-refractivity contribution in [2.24, 2.45) is 0 Å². The minimum atomic E-state index is -0.0856. The van der Waals surface area contributed by atoms with Gasteiger partial charge in [-0.2, -0.15) is 5.10 Å². The maximum atomic E-state index is 11.8. The molecule has 3 rings (SSSR count). The molecule has 0 aliphatic carbocycles. The van der Waals surface area contributed by atoms with Gasteiger partial charge in [0.05, 0.1) is 6.61 Å². The Bertz CT molecular complexity index is 564. The molecule has 5 heteroatoms. The molecular formula is C13H13N3O2. The van der Waals surface area contributed by atoms with Crippen molar-refractivity contribution in [3.05, 3.63) is 42.2 Å². The van der Waals surface area contributed by atoms with E-state index in [-0.39, 0.29) is 12.5 Å². The van der Waals surface area contributed by atoms with E-state index in [1.54, 1.807) is 23.1 Å². The van der Waals surface area contributed by atoms with Crippen LogP contribution in [0.3, 0.4) is 0 Å². The maximum absolute atomic E-state index is 11.8. The summed E-state index contributed by atoms with van der Waals surface area (Å²) < 4.78 is 7.01. The lowest BCUT2D eigenvalue weighted by Crippen LogP contribution is -2.18. The van der Waals surface area contributed by atoms with E-state index in [1.165, 1.54) is 0 Å². The monoisotopic (exact) mass is 243 g/mol. The molecule has 1 aromatic carbocycles. The second-order valence-corrected chi connectivity index (χ2v) is 4.17. The average Bonchev–Trinajstić information content (AvgIpc) is 2.98. The fourth-order valence-corrected chi connectivity index (χ4v) is 2.01. The summed E-state index contributed by atoms with van der Waals surface area (Å²) in [4.78, 5) is 11.8. The molecule has 0 saturated carbocycles. The predicted octanol–water partition coefficient (Wildman–Crippen LogP) is 1.46. The number of hydrogen-bond donors (Lipinski definition) is 1. The molecular weight excluding hydrogens is 230 g/mol. The molecule has 0 spiro atoms. The number of carbonyl (C=O) groups is 1. The molecule has 18 heavy (non-hydrogen) atoms. The molecule has 0 radical (unpaired) electrons. The van der Waals surface area contributed by atoms with Crippen LogP contribution in [0.5, 0.6) is 5.75 Å². The Morgan fingerprint density at radius 1 is 1.50 bits per heavy atom. The van der Waals surface area contributed by atoms with E-state index in [0.29, 0.717) is 0 Å². The Morgan fingerprint density at radius 2 is 2.44 bits per heavy atom. The molecule has 0 saturated heterocycles. The van der Waals surface area contributed by atoms with Crippen LogP contribution in [0.2, 0.25) is 0 Å². The molecule has 92 valence electrons. The first kappa shape index (κ1) is 10.8. The molecule has 1 aromatic heterocycles. The number of benzene rings is 1. The number of nitrogens with one attached hydrogen (secondary N) is 1. The molecule has 2 aromatic rings. The number of carbonyl (C=O) groups excluding carboxylic acids is 1. The van der Waals surface area contributed by atoms with E-state index in [0.717, 1.165) is 30.0 Å². The fraction of sp³-hybridized carbons (Fsp3) is 0.231. The van der Waals surface area contributed by atoms with Gasteiger partial charge in [0, 0.05) is 24.5 Å². The average molecular weight is 243 g/mol. The summed E-state index contributed by atoms with van der Waals surface area (Å²) in [5.41, 5.74) is 1.95. The molecule has 2 heterocycles. The summed E-state index contributed by atoms with van der Waals surface area (Å²) in [6, 6.07) is 7.50. The normalized spacial score (nSPS) is 12.9. The van der Waals surface area contributed by atoms with Gasteiger partial charge >= 0.3 is 0 Å². The topological polar surface area (TPSA) is 56.2 Å². The van der Waals surface area contributed by atoms with Crippen molar-refractivity contribution in [1.29, 1.82) is 0 Å². The van der Waals surface area contributed by atoms with E-state index in [9.17, 15) is 4.79 Å². The first-order valence-electron chi connectivity index (χ1n) is 5.84. The summed E-state index contributed by atoms with van der Waals surface area (Å²) >= 11 is 0. The number of rotatable bonds is 3. The molecule has 0 fully saturated rings. The Hall–Kier alpha value is -2.30. The van der Waals surface area contributed by atoms with Gasteiger partial charge in [0.1, 0.15) is 12.3 Å². The van der Waals surface area contributed by atoms with Gasteiger partial charge in [-0.3, -0.25) is 9.48 Å². The number of ether oxygens (including phenoxy) is 1. The second-order valence-electron chi connectivity index (χ2n) is 4.17. The van der Waals surface area contributed by atoms with Crippen LogP contribution < -0.4 is 10.1 Å². The lowest BCUT2D eigenvalue weighted by atomic mass is 10.1. The molecule has 5 nitrogen and oxygen atoms in total. The highest BCUT2D eigenvalue weighted by atomic mass is 16.5. The van der Waals surface area contributed by atoms with Gasteiger partial charge in [-0.1, -0.05) is 0 Å². The van der Waals surface area contributed by atoms with Gasteiger partial charge in [-0.05, 0) is 29.8 Å². The largest absolute Gasteiger partial charge is 0.493 e. The maximum Gasteiger partial charge on any atom is 0.246 e. The fourth-order valence-electron chi connectivity index (χ4n) is 2.01. The number of hydrogen-bond acceptors (Lipinski definition) is 3. The van der Waals surface area contributed by atoms with Gasteiger partial charge in [0.15, 0.2) is 0 Å². The number of nitrogens with zero attached hydrogens (tertiary/aromatic N) is 2. The third-order valence-electron chi connectivity index (χ3n) is 2.84. The summed E-state index contributed by atoms with van der Waals surface area (Å²) in [6.07, 6.45) is 4.31. The minimum Gasteiger partial charge on any atom is -0.493 e. The van der Waals surface area contributed by atoms with Crippen LogP contribution in [0.1, 0.15) is 5.56 Å². The van der Waals surface area contributed by atoms with Gasteiger partial charge in [0.2, 0.25) is 5.91 Å². The van der Waals surface area contributed by atoms with Crippen molar-refractivity contribution >= 4 is 11.6 Å². The standard InChI is InChI=1S/C13H13N3O2/c17-13(9-16-6-1-5-14-16)15-11-2-3-12-10(8-11)4-7-18-12/h1-3,5-6,8H,4,7,9H2,(H,15,17). The van der Waals surface area contributed by atoms with E-state index in [1.807, 2.05) is 18.2 Å². The van der Waals surface area contributed by atoms with Gasteiger partial charge in [-0.25, -0.2) is 0 Å². The molecule has 1 N–H and O–H groups in total. The Balaban J connectivity index is 1.67. The number of fused-ring (bicyclic) bond motifs is 1. The van der Waals surface area contributed by atoms with Crippen LogP contribution >= 0.6 is 0 Å². The number of aromatic nitrogens is 2. The lowest BCUT2D eigenvalue weighted by molar-refractivity contribution is -0.116. The highest BCUT2D eigenvalue weighted by molar-refractivity contribution is 5.90. The van der Waals surface area contributed by atoms with Gasteiger partial charge < -0.3 is 10.1 Å². The minimum absolute atomic E-state index is 0.0856. The molecule has 1 aliphatic rings. The number of anilines is 1. The zero-order valence-corrected chi connectivity index (χ0v) is 9.80. The Morgan fingerprint density at radius 3 is 3.28 bits per heavy atom. The SMILES string of the molecule is O=C(Cn1cccn1)Nc1ccc2c(c1)CCO2. The smallest absolute Gasteiger partial charge is 0.246 e. The molecule has 0 unspecified atom stereocenters. The van der Waals surface area contributed by atoms with E-state index in [2.05, 4.69) is 10.4 Å². The highest BCUT2D eigenvalue weighted by Crippen LogP contribution is 2.27. The van der Waals surface area contributed by atoms with E-state index in [4.69, 9.17) is 4.74 Å². The number of amides is 1. The summed E-state index contributed by atoms with van der Waals surface area (Å²) in [5, 5.41) is 6.85. The molecule has 1 aliphatic heterocycles. The van der Waals surface area contributed by atoms with Crippen molar-refractivity contribution in [2.45, 2.75) is 13.0 Å². The first-order valence-corrected chi connectivity index (χ1v) is 5.84. The van der Waals surface area contributed by atoms with Gasteiger partial charge in [-0.15, -0.1) is 0 Å². The summed E-state index contributed by atoms with van der Waals surface area (Å²) in [5.74, 6) is 0.831. The molecule has 1 amide bonds. The lowest BCUT2D eigenvalue weighted by Gasteiger charge is -2.07. The van der Waals surface area contributed by atoms with Crippen LogP contribution in [0, 0.1) is 0 Å². The summed E-state index contributed by atoms with van der Waals surface area (Å²) in [6.45, 7) is 0.945. The van der Waals surface area contributed by atoms with E-state index < -0.39 is 0 Å². The third-order valence-corrected chi connectivity index (χ3v) is 2.84. The van der Waals surface area contributed by atoms with Crippen LogP contribution in [0.4, 0.5) is 5.69 Å². The van der Waals surface area contributed by atoms with Gasteiger partial charge in [0.25, 0.3) is 0 Å². The Kier molecular flexibility index (Phi) is 2.72. The first-order chi connectivity index (χ1) is 8.81. The van der Waals surface area contributed by atoms with Crippen LogP contribution in [0.25, 0.3) is 0 Å². The quantitative estimate of drug-likeness (QED) is 0.887. The zero-order valence-electron chi connectivity index (χ0n) is 9.80. The highest BCUT2D eigenvalue weighted by Gasteiger charge is 2.12. The van der Waals surface area contributed by atoms with Crippen molar-refractivity contribution in [1.82, 2.24) is 9.78 Å². The zero-order chi connectivity index (χ0) is 12.4. The van der Waals surface area contributed by atoms with Crippen molar-refractivity contribution in [3.8, 4) is 5.75 Å². The van der Waals surface area contributed by atoms with Crippen LogP contribution in [-0.2, 0) is 17.8 Å². The predicted molar refractivity (Wildman–Crippen MR) is 66.5 cm³/mol. The van der Waals surface area contributed by atoms with Crippen molar-refractivity contribution in [2.75, 3.05) is 11.9 Å². The second kappa shape index (κ2) is 4.52. The Labute approximate surface area is 104 Å². The van der Waals surface area contributed by atoms with Crippen LogP contribution in [-0.4, -0.2) is 22.3 Å². The summed E-state index contributed by atoms with van der Waals surface area (Å²) in [7, 11) is 0. The molecule has 0 atom stereocenters. The third kappa shape index (κ3) is 2.20. The van der Waals surface area contributed by atoms with E-state index >= 15 is 0 Å². The molecule has 0 bridgehead atoms.